The first kappa shape index (κ1) is 12.9. The molecule has 0 fully saturated rings. The molecule has 0 aromatic heterocycles. The summed E-state index contributed by atoms with van der Waals surface area (Å²) in [6, 6.07) is 18.2. The molecule has 0 unspecified atom stereocenters. The summed E-state index contributed by atoms with van der Waals surface area (Å²) in [5.41, 5.74) is 4.13. The molecule has 1 nitrogen and oxygen atoms in total. The maximum absolute atomic E-state index is 12.4. The first-order chi connectivity index (χ1) is 9.84. The van der Waals surface area contributed by atoms with Gasteiger partial charge >= 0.3 is 0 Å². The smallest absolute Gasteiger partial charge is 0.188 e. The first-order valence-electron chi connectivity index (χ1n) is 7.24. The molecule has 0 spiro atoms. The number of allylic oxidation sites excluding steroid dienone is 2. The van der Waals surface area contributed by atoms with E-state index >= 15 is 0 Å². The maximum Gasteiger partial charge on any atom is 0.188 e. The molecular weight excluding hydrogens is 244 g/mol. The minimum atomic E-state index is 0.198. The highest BCUT2D eigenvalue weighted by Gasteiger charge is 2.14. The van der Waals surface area contributed by atoms with Gasteiger partial charge in [-0.2, -0.15) is 0 Å². The van der Waals surface area contributed by atoms with Crippen molar-refractivity contribution in [2.24, 2.45) is 0 Å². The number of hydrogen-bond acceptors (Lipinski definition) is 1. The second-order valence-electron chi connectivity index (χ2n) is 5.25. The summed E-state index contributed by atoms with van der Waals surface area (Å²) in [5, 5.41) is 0. The van der Waals surface area contributed by atoms with E-state index < -0.39 is 0 Å². The van der Waals surface area contributed by atoms with Crippen LogP contribution in [0.2, 0.25) is 0 Å². The van der Waals surface area contributed by atoms with Crippen LogP contribution >= 0.6 is 0 Å². The van der Waals surface area contributed by atoms with E-state index in [1.807, 2.05) is 42.5 Å². The normalized spacial score (nSPS) is 14.7. The van der Waals surface area contributed by atoms with E-state index in [9.17, 15) is 4.79 Å². The Morgan fingerprint density at radius 2 is 1.50 bits per heavy atom. The lowest BCUT2D eigenvalue weighted by Crippen LogP contribution is -2.06. The number of hydrogen-bond donors (Lipinski definition) is 0. The van der Waals surface area contributed by atoms with Crippen molar-refractivity contribution in [3.05, 3.63) is 71.8 Å². The fourth-order valence-electron chi connectivity index (χ4n) is 2.67. The molecule has 3 rings (SSSR count). The lowest BCUT2D eigenvalue weighted by molar-refractivity contribution is 0.102. The third-order valence-corrected chi connectivity index (χ3v) is 3.84. The molecule has 0 radical (unpaired) electrons. The molecule has 1 heteroatoms. The average molecular weight is 262 g/mol. The van der Waals surface area contributed by atoms with Crippen molar-refractivity contribution in [1.29, 1.82) is 0 Å². The van der Waals surface area contributed by atoms with Crippen molar-refractivity contribution in [3.63, 3.8) is 0 Å². The summed E-state index contributed by atoms with van der Waals surface area (Å²) in [7, 11) is 0. The molecule has 0 amide bonds. The third-order valence-electron chi connectivity index (χ3n) is 3.84. The molecule has 2 aromatic rings. The summed E-state index contributed by atoms with van der Waals surface area (Å²) in [4.78, 5) is 12.4. The summed E-state index contributed by atoms with van der Waals surface area (Å²) in [6.07, 6.45) is 6.43. The van der Waals surface area contributed by atoms with Crippen molar-refractivity contribution >= 4 is 5.78 Å². The summed E-state index contributed by atoms with van der Waals surface area (Å²) < 4.78 is 0. The minimum Gasteiger partial charge on any atom is -0.289 e. The van der Waals surface area contributed by atoms with Gasteiger partial charge in [-0.25, -0.2) is 0 Å². The maximum atomic E-state index is 12.4. The van der Waals surface area contributed by atoms with E-state index in [-0.39, 0.29) is 5.78 Å². The monoisotopic (exact) mass is 262 g/mol. The van der Waals surface area contributed by atoms with E-state index in [4.69, 9.17) is 0 Å². The minimum absolute atomic E-state index is 0.198. The molecule has 0 bridgehead atoms. The van der Waals surface area contributed by atoms with E-state index in [2.05, 4.69) is 18.2 Å². The molecule has 0 atom stereocenters. The van der Waals surface area contributed by atoms with Crippen LogP contribution in [-0.4, -0.2) is 5.78 Å². The molecule has 1 aliphatic rings. The predicted molar refractivity (Wildman–Crippen MR) is 82.8 cm³/mol. The SMILES string of the molecule is O=C(C1=CCCCC1)c1ccc(-c2ccccc2)cc1. The van der Waals surface area contributed by atoms with E-state index in [0.29, 0.717) is 0 Å². The van der Waals surface area contributed by atoms with Gasteiger partial charge in [-0.1, -0.05) is 60.7 Å². The Balaban J connectivity index is 1.83. The molecule has 0 aliphatic heterocycles. The van der Waals surface area contributed by atoms with Gasteiger partial charge in [-0.05, 0) is 42.4 Å². The third kappa shape index (κ3) is 2.72. The Morgan fingerprint density at radius 1 is 0.800 bits per heavy atom. The van der Waals surface area contributed by atoms with Gasteiger partial charge < -0.3 is 0 Å². The number of carbonyl (C=O) groups is 1. The molecule has 0 saturated carbocycles. The molecular formula is C19H18O. The van der Waals surface area contributed by atoms with Crippen LogP contribution in [-0.2, 0) is 0 Å². The molecule has 100 valence electrons. The Hall–Kier alpha value is -2.15. The second-order valence-corrected chi connectivity index (χ2v) is 5.25. The van der Waals surface area contributed by atoms with Gasteiger partial charge in [-0.3, -0.25) is 4.79 Å². The van der Waals surface area contributed by atoms with Gasteiger partial charge in [0.1, 0.15) is 0 Å². The lowest BCUT2D eigenvalue weighted by Gasteiger charge is -2.11. The second kappa shape index (κ2) is 5.87. The number of ketones is 1. The lowest BCUT2D eigenvalue weighted by atomic mass is 9.92. The molecule has 0 N–H and O–H groups in total. The molecule has 0 saturated heterocycles. The summed E-state index contributed by atoms with van der Waals surface area (Å²) in [6.45, 7) is 0. The fourth-order valence-corrected chi connectivity index (χ4v) is 2.67. The van der Waals surface area contributed by atoms with E-state index in [0.717, 1.165) is 36.0 Å². The largest absolute Gasteiger partial charge is 0.289 e. The zero-order chi connectivity index (χ0) is 13.8. The van der Waals surface area contributed by atoms with Crippen LogP contribution in [0.3, 0.4) is 0 Å². The van der Waals surface area contributed by atoms with Crippen LogP contribution in [0.5, 0.6) is 0 Å². The fraction of sp³-hybridized carbons (Fsp3) is 0.211. The number of carbonyl (C=O) groups excluding carboxylic acids is 1. The van der Waals surface area contributed by atoms with Crippen LogP contribution in [0, 0.1) is 0 Å². The molecule has 1 aliphatic carbocycles. The van der Waals surface area contributed by atoms with Crippen molar-refractivity contribution in [2.45, 2.75) is 25.7 Å². The van der Waals surface area contributed by atoms with E-state index in [1.165, 1.54) is 12.0 Å². The van der Waals surface area contributed by atoms with Crippen molar-refractivity contribution < 1.29 is 4.79 Å². The summed E-state index contributed by atoms with van der Waals surface area (Å²) in [5.74, 6) is 0.198. The standard InChI is InChI=1S/C19H18O/c20-19(17-9-5-2-6-10-17)18-13-11-16(12-14-18)15-7-3-1-4-8-15/h1,3-4,7-9,11-14H,2,5-6,10H2. The highest BCUT2D eigenvalue weighted by atomic mass is 16.1. The van der Waals surface area contributed by atoms with Crippen LogP contribution in [0.25, 0.3) is 11.1 Å². The highest BCUT2D eigenvalue weighted by molar-refractivity contribution is 6.08. The van der Waals surface area contributed by atoms with Crippen LogP contribution in [0.1, 0.15) is 36.0 Å². The highest BCUT2D eigenvalue weighted by Crippen LogP contribution is 2.23. The van der Waals surface area contributed by atoms with Gasteiger partial charge in [0.05, 0.1) is 0 Å². The number of rotatable bonds is 3. The number of benzene rings is 2. The van der Waals surface area contributed by atoms with Crippen LogP contribution < -0.4 is 0 Å². The Morgan fingerprint density at radius 3 is 2.15 bits per heavy atom. The quantitative estimate of drug-likeness (QED) is 0.708. The zero-order valence-corrected chi connectivity index (χ0v) is 11.5. The van der Waals surface area contributed by atoms with Crippen LogP contribution in [0.15, 0.2) is 66.2 Å². The molecule has 0 heterocycles. The zero-order valence-electron chi connectivity index (χ0n) is 11.5. The molecule has 20 heavy (non-hydrogen) atoms. The topological polar surface area (TPSA) is 17.1 Å². The van der Waals surface area contributed by atoms with Crippen LogP contribution in [0.4, 0.5) is 0 Å². The van der Waals surface area contributed by atoms with Gasteiger partial charge in [0, 0.05) is 5.56 Å². The van der Waals surface area contributed by atoms with Gasteiger partial charge in [-0.15, -0.1) is 0 Å². The molecule has 2 aromatic carbocycles. The number of Topliss-reactive ketones (excluding diaryl/α,β-unsaturated/α-hetero) is 1. The van der Waals surface area contributed by atoms with Crippen molar-refractivity contribution in [1.82, 2.24) is 0 Å². The van der Waals surface area contributed by atoms with Gasteiger partial charge in [0.2, 0.25) is 0 Å². The predicted octanol–water partition coefficient (Wildman–Crippen LogP) is 5.04. The summed E-state index contributed by atoms with van der Waals surface area (Å²) >= 11 is 0. The Kier molecular flexibility index (Phi) is 3.78. The average Bonchev–Trinajstić information content (AvgIpc) is 2.56. The Bertz CT molecular complexity index is 621. The van der Waals surface area contributed by atoms with Crippen molar-refractivity contribution in [2.75, 3.05) is 0 Å². The van der Waals surface area contributed by atoms with Crippen molar-refractivity contribution in [3.8, 4) is 11.1 Å². The van der Waals surface area contributed by atoms with Gasteiger partial charge in [0.25, 0.3) is 0 Å². The Labute approximate surface area is 120 Å². The van der Waals surface area contributed by atoms with E-state index in [1.54, 1.807) is 0 Å². The first-order valence-corrected chi connectivity index (χ1v) is 7.24. The van der Waals surface area contributed by atoms with Gasteiger partial charge in [0.15, 0.2) is 5.78 Å².